The fraction of sp³-hybridized carbons (Fsp3) is 0.417. The number of nitrogens with zero attached hydrogens (tertiary/aromatic N) is 1. The van der Waals surface area contributed by atoms with Crippen LogP contribution < -0.4 is 5.32 Å². The van der Waals surface area contributed by atoms with Gasteiger partial charge in [-0.3, -0.25) is 4.79 Å². The summed E-state index contributed by atoms with van der Waals surface area (Å²) < 4.78 is 40.0. The molecule has 4 atom stereocenters. The Kier molecular flexibility index (Phi) is 8.13. The first-order valence-corrected chi connectivity index (χ1v) is 11.7. The Morgan fingerprint density at radius 2 is 1.94 bits per heavy atom. The zero-order chi connectivity index (χ0) is 23.4. The van der Waals surface area contributed by atoms with Crippen molar-refractivity contribution in [3.05, 3.63) is 58.4 Å². The van der Waals surface area contributed by atoms with Crippen molar-refractivity contribution in [2.45, 2.75) is 49.7 Å². The number of carbonyl (C=O) groups excluding carboxylic acids is 1. The predicted octanol–water partition coefficient (Wildman–Crippen LogP) is 7.46. The van der Waals surface area contributed by atoms with E-state index in [1.807, 2.05) is 0 Å². The summed E-state index contributed by atoms with van der Waals surface area (Å²) in [5.41, 5.74) is 0.105. The lowest BCUT2D eigenvalue weighted by atomic mass is 9.92. The number of nitrogens with one attached hydrogen (secondary N) is 1. The fourth-order valence-electron chi connectivity index (χ4n) is 4.20. The van der Waals surface area contributed by atoms with Gasteiger partial charge in [-0.2, -0.15) is 5.26 Å². The predicted molar refractivity (Wildman–Crippen MR) is 121 cm³/mol. The fourth-order valence-corrected chi connectivity index (χ4v) is 5.93. The normalized spacial score (nSPS) is 21.2. The van der Waals surface area contributed by atoms with Crippen LogP contribution in [-0.2, 0) is 0 Å². The molecule has 1 aliphatic carbocycles. The SMILES string of the molecule is CC(CC#N)CC1CCC(C)C1Sc1cc(C(=O)Nc2cc(F)c(F)c(F)c2)ccc1Cl. The van der Waals surface area contributed by atoms with Crippen LogP contribution in [0.2, 0.25) is 5.02 Å². The molecule has 32 heavy (non-hydrogen) atoms. The van der Waals surface area contributed by atoms with Gasteiger partial charge in [0.25, 0.3) is 5.91 Å². The molecule has 2 aromatic carbocycles. The Morgan fingerprint density at radius 3 is 2.59 bits per heavy atom. The lowest BCUT2D eigenvalue weighted by molar-refractivity contribution is 0.102. The molecule has 0 spiro atoms. The van der Waals surface area contributed by atoms with E-state index in [0.29, 0.717) is 34.4 Å². The van der Waals surface area contributed by atoms with E-state index in [2.05, 4.69) is 25.2 Å². The van der Waals surface area contributed by atoms with E-state index in [4.69, 9.17) is 16.9 Å². The first kappa shape index (κ1) is 24.5. The highest BCUT2D eigenvalue weighted by molar-refractivity contribution is 8.00. The molecule has 3 nitrogen and oxygen atoms in total. The lowest BCUT2D eigenvalue weighted by Crippen LogP contribution is -2.18. The molecule has 1 aliphatic rings. The van der Waals surface area contributed by atoms with Crippen LogP contribution in [0.15, 0.2) is 35.2 Å². The van der Waals surface area contributed by atoms with Crippen LogP contribution in [0, 0.1) is 46.5 Å². The Bertz CT molecular complexity index is 1020. The zero-order valence-electron chi connectivity index (χ0n) is 17.8. The topological polar surface area (TPSA) is 52.9 Å². The van der Waals surface area contributed by atoms with E-state index in [1.165, 1.54) is 6.07 Å². The maximum atomic E-state index is 13.4. The van der Waals surface area contributed by atoms with Crippen molar-refractivity contribution in [2.24, 2.45) is 17.8 Å². The van der Waals surface area contributed by atoms with Gasteiger partial charge in [-0.05, 0) is 55.2 Å². The van der Waals surface area contributed by atoms with Gasteiger partial charge in [-0.1, -0.05) is 25.4 Å². The van der Waals surface area contributed by atoms with Crippen molar-refractivity contribution >= 4 is 35.0 Å². The molecule has 2 aromatic rings. The third-order valence-electron chi connectivity index (χ3n) is 5.86. The van der Waals surface area contributed by atoms with Gasteiger partial charge in [-0.25, -0.2) is 13.2 Å². The smallest absolute Gasteiger partial charge is 0.255 e. The maximum absolute atomic E-state index is 13.4. The summed E-state index contributed by atoms with van der Waals surface area (Å²) in [5.74, 6) is -3.67. The van der Waals surface area contributed by atoms with E-state index >= 15 is 0 Å². The highest BCUT2D eigenvalue weighted by Crippen LogP contribution is 2.47. The van der Waals surface area contributed by atoms with Crippen molar-refractivity contribution in [3.8, 4) is 6.07 Å². The molecule has 0 radical (unpaired) electrons. The quantitative estimate of drug-likeness (QED) is 0.418. The largest absolute Gasteiger partial charge is 0.322 e. The van der Waals surface area contributed by atoms with Crippen molar-refractivity contribution in [3.63, 3.8) is 0 Å². The van der Waals surface area contributed by atoms with E-state index in [-0.39, 0.29) is 11.3 Å². The monoisotopic (exact) mass is 480 g/mol. The van der Waals surface area contributed by atoms with E-state index in [0.717, 1.165) is 36.3 Å². The highest BCUT2D eigenvalue weighted by atomic mass is 35.5. The van der Waals surface area contributed by atoms with Gasteiger partial charge in [0.15, 0.2) is 17.5 Å². The van der Waals surface area contributed by atoms with Crippen LogP contribution in [0.4, 0.5) is 18.9 Å². The number of rotatable bonds is 7. The van der Waals surface area contributed by atoms with Gasteiger partial charge in [0.1, 0.15) is 0 Å². The van der Waals surface area contributed by atoms with E-state index < -0.39 is 23.4 Å². The summed E-state index contributed by atoms with van der Waals surface area (Å²) >= 11 is 8.05. The second kappa shape index (κ2) is 10.6. The van der Waals surface area contributed by atoms with Gasteiger partial charge in [0.05, 0.1) is 11.1 Å². The molecular formula is C24H24ClF3N2OS. The van der Waals surface area contributed by atoms with Crippen LogP contribution >= 0.6 is 23.4 Å². The molecular weight excluding hydrogens is 457 g/mol. The minimum atomic E-state index is -1.59. The summed E-state index contributed by atoms with van der Waals surface area (Å²) in [6, 6.07) is 8.52. The molecule has 170 valence electrons. The minimum Gasteiger partial charge on any atom is -0.322 e. The summed E-state index contributed by atoms with van der Waals surface area (Å²) in [5, 5.41) is 12.2. The first-order chi connectivity index (χ1) is 15.2. The van der Waals surface area contributed by atoms with Gasteiger partial charge >= 0.3 is 0 Å². The summed E-state index contributed by atoms with van der Waals surface area (Å²) in [6.07, 6.45) is 3.69. The number of anilines is 1. The molecule has 8 heteroatoms. The first-order valence-electron chi connectivity index (χ1n) is 10.5. The summed E-state index contributed by atoms with van der Waals surface area (Å²) in [7, 11) is 0. The number of hydrogen-bond acceptors (Lipinski definition) is 3. The number of halogens is 4. The van der Waals surface area contributed by atoms with Crippen molar-refractivity contribution in [2.75, 3.05) is 5.32 Å². The molecule has 0 aliphatic heterocycles. The molecule has 1 saturated carbocycles. The average molecular weight is 481 g/mol. The Balaban J connectivity index is 1.76. The number of amides is 1. The Labute approximate surface area is 195 Å². The molecule has 1 amide bonds. The summed E-state index contributed by atoms with van der Waals surface area (Å²) in [6.45, 7) is 4.29. The zero-order valence-corrected chi connectivity index (χ0v) is 19.4. The van der Waals surface area contributed by atoms with Gasteiger partial charge in [-0.15, -0.1) is 11.8 Å². The Hall–Kier alpha value is -2.17. The van der Waals surface area contributed by atoms with Gasteiger partial charge in [0, 0.05) is 39.9 Å². The van der Waals surface area contributed by atoms with Crippen molar-refractivity contribution in [1.82, 2.24) is 0 Å². The number of benzene rings is 2. The van der Waals surface area contributed by atoms with Gasteiger partial charge < -0.3 is 5.32 Å². The van der Waals surface area contributed by atoms with Crippen LogP contribution in [0.1, 0.15) is 49.9 Å². The second-order valence-electron chi connectivity index (χ2n) is 8.45. The Morgan fingerprint density at radius 1 is 1.25 bits per heavy atom. The highest BCUT2D eigenvalue weighted by Gasteiger charge is 2.35. The molecule has 1 N–H and O–H groups in total. The third-order valence-corrected chi connectivity index (χ3v) is 8.02. The van der Waals surface area contributed by atoms with Crippen molar-refractivity contribution < 1.29 is 18.0 Å². The molecule has 1 fully saturated rings. The third kappa shape index (κ3) is 5.79. The molecule has 0 bridgehead atoms. The average Bonchev–Trinajstić information content (AvgIpc) is 3.07. The molecule has 0 heterocycles. The second-order valence-corrected chi connectivity index (χ2v) is 10.1. The van der Waals surface area contributed by atoms with E-state index in [9.17, 15) is 18.0 Å². The lowest BCUT2D eigenvalue weighted by Gasteiger charge is -2.25. The molecule has 4 unspecified atom stereocenters. The summed E-state index contributed by atoms with van der Waals surface area (Å²) in [4.78, 5) is 13.4. The number of nitriles is 1. The number of thioether (sulfide) groups is 1. The van der Waals surface area contributed by atoms with Crippen LogP contribution in [0.5, 0.6) is 0 Å². The molecule has 0 saturated heterocycles. The number of carbonyl (C=O) groups is 1. The number of hydrogen-bond donors (Lipinski definition) is 1. The maximum Gasteiger partial charge on any atom is 0.255 e. The van der Waals surface area contributed by atoms with Crippen molar-refractivity contribution in [1.29, 1.82) is 5.26 Å². The van der Waals surface area contributed by atoms with E-state index in [1.54, 1.807) is 23.9 Å². The molecule has 3 rings (SSSR count). The minimum absolute atomic E-state index is 0.175. The van der Waals surface area contributed by atoms with Gasteiger partial charge in [0.2, 0.25) is 0 Å². The van der Waals surface area contributed by atoms with Crippen LogP contribution in [-0.4, -0.2) is 11.2 Å². The standard InChI is InChI=1S/C24H24ClF3N2OS/c1-13(7-8-29)9-15-4-3-14(2)23(15)32-21-10-16(5-6-18(21)25)24(31)30-17-11-19(26)22(28)20(27)12-17/h5-6,10-15,23H,3-4,7,9H2,1-2H3,(H,30,31). The molecule has 0 aromatic heterocycles. The van der Waals surface area contributed by atoms with Crippen LogP contribution in [0.25, 0.3) is 0 Å². The van der Waals surface area contributed by atoms with Crippen LogP contribution in [0.3, 0.4) is 0 Å².